The molecule has 11 rings (SSSR count). The summed E-state index contributed by atoms with van der Waals surface area (Å²) in [5, 5.41) is 0. The molecule has 14 heteroatoms. The van der Waals surface area contributed by atoms with Crippen molar-refractivity contribution in [3.05, 3.63) is 29.8 Å². The van der Waals surface area contributed by atoms with Crippen LogP contribution >= 0.6 is 0 Å². The summed E-state index contributed by atoms with van der Waals surface area (Å²) in [6.45, 7) is 13.0. The summed E-state index contributed by atoms with van der Waals surface area (Å²) in [7, 11) is -0.544. The summed E-state index contributed by atoms with van der Waals surface area (Å²) in [4.78, 5) is 38.7. The summed E-state index contributed by atoms with van der Waals surface area (Å²) in [6, 6.07) is 6.66. The van der Waals surface area contributed by atoms with Crippen molar-refractivity contribution >= 4 is 15.9 Å². The number of ether oxygens (including phenoxy) is 5. The van der Waals surface area contributed by atoms with E-state index in [9.17, 15) is 13.2 Å². The quantitative estimate of drug-likeness (QED) is 0.227. The van der Waals surface area contributed by atoms with E-state index in [1.54, 1.807) is 38.4 Å². The predicted octanol–water partition coefficient (Wildman–Crippen LogP) is 7.56. The number of nitrogens with zero attached hydrogens (tertiary/aromatic N) is 1. The van der Waals surface area contributed by atoms with Crippen LogP contribution in [0.15, 0.2) is 29.2 Å². The van der Waals surface area contributed by atoms with Crippen molar-refractivity contribution in [1.82, 2.24) is 4.90 Å². The van der Waals surface area contributed by atoms with Gasteiger partial charge in [0.15, 0.2) is 33.6 Å². The zero-order valence-corrected chi connectivity index (χ0v) is 36.4. The number of sulfone groups is 1. The molecular formula is C44H65NO12S. The topological polar surface area (TPSA) is 138 Å². The molecule has 10 fully saturated rings. The van der Waals surface area contributed by atoms with Crippen LogP contribution in [-0.4, -0.2) is 86.8 Å². The van der Waals surface area contributed by atoms with Crippen LogP contribution in [0.2, 0.25) is 0 Å². The van der Waals surface area contributed by atoms with Crippen LogP contribution in [-0.2, 0) is 59.7 Å². The van der Waals surface area contributed by atoms with E-state index < -0.39 is 51.3 Å². The van der Waals surface area contributed by atoms with Crippen LogP contribution in [0, 0.1) is 53.3 Å². The van der Waals surface area contributed by atoms with Gasteiger partial charge in [-0.1, -0.05) is 39.8 Å². The number of hydrogen-bond acceptors (Lipinski definition) is 12. The summed E-state index contributed by atoms with van der Waals surface area (Å²) < 4.78 is 61.9. The lowest BCUT2D eigenvalue weighted by Gasteiger charge is -2.61. The molecule has 324 valence electrons. The van der Waals surface area contributed by atoms with Gasteiger partial charge in [0.1, 0.15) is 6.61 Å². The van der Waals surface area contributed by atoms with E-state index in [-0.39, 0.29) is 70.9 Å². The van der Waals surface area contributed by atoms with Gasteiger partial charge in [0, 0.05) is 38.8 Å². The van der Waals surface area contributed by atoms with E-state index in [1.807, 2.05) is 13.8 Å². The van der Waals surface area contributed by atoms with Crippen LogP contribution in [0.25, 0.3) is 0 Å². The smallest absolute Gasteiger partial charge is 0.409 e. The Bertz CT molecular complexity index is 1730. The number of fused-ring (bicyclic) bond motifs is 4. The molecule has 0 radical (unpaired) electrons. The van der Waals surface area contributed by atoms with Gasteiger partial charge < -0.3 is 28.6 Å². The van der Waals surface area contributed by atoms with E-state index in [4.69, 9.17) is 43.2 Å². The molecule has 2 saturated carbocycles. The fourth-order valence-electron chi connectivity index (χ4n) is 12.9. The molecular weight excluding hydrogens is 767 g/mol. The number of carbonyl (C=O) groups excluding carboxylic acids is 1. The molecule has 8 heterocycles. The first-order chi connectivity index (χ1) is 27.5. The molecule has 2 spiro atoms. The SMILES string of the molecule is C[C@H]1[C@@H](CC(C[C@H]2O[C@@H]3OC4(C)CC[C@H]5[C@H](C)CC[C@@H]([C@H]2C)[C@@]35OO4)CS(=O)(=O)c2ccc(COC(=O)N(C)C)cc2)O[C@@H]2OC3(C)CC[C@H]4[C@H](C)CC[C@@H]1[C@@]24OO3. The number of hydrogen-bond donors (Lipinski definition) is 0. The average Bonchev–Trinajstić information content (AvgIpc) is 3.56. The summed E-state index contributed by atoms with van der Waals surface area (Å²) in [5.74, 6) is -0.463. The van der Waals surface area contributed by atoms with Crippen molar-refractivity contribution in [2.24, 2.45) is 53.3 Å². The third-order valence-electron chi connectivity index (χ3n) is 16.2. The first-order valence-corrected chi connectivity index (χ1v) is 23.7. The highest BCUT2D eigenvalue weighted by Crippen LogP contribution is 2.63. The Morgan fingerprint density at radius 1 is 0.724 bits per heavy atom. The lowest BCUT2D eigenvalue weighted by Crippen LogP contribution is -2.70. The second kappa shape index (κ2) is 14.9. The zero-order chi connectivity index (χ0) is 41.0. The first kappa shape index (κ1) is 41.5. The standard InChI is InChI=1S/C44H65NO12S/c1-25-9-15-34-27(3)36(50-38-43(34)32(25)17-19-41(5,52-38)54-56-43)21-30(24-58(47,48)31-13-11-29(12-14-31)23-49-40(46)45(7)8)22-37-28(4)35-16-10-26(2)33-18-20-42(6)53-39(51-37)44(33,35)57-55-42/h11-14,25-28,30,32-39H,9-10,15-24H2,1-8H3/t25-,26-,27-,28-,30?,32+,33+,34+,35+,36-,37-,38-,39-,41?,42?,43-,44-/m1/s1. The normalized spacial score (nSPS) is 47.2. The van der Waals surface area contributed by atoms with Crippen molar-refractivity contribution in [2.75, 3.05) is 19.8 Å². The summed E-state index contributed by atoms with van der Waals surface area (Å²) >= 11 is 0. The zero-order valence-electron chi connectivity index (χ0n) is 35.6. The van der Waals surface area contributed by atoms with Crippen LogP contribution in [0.4, 0.5) is 4.79 Å². The second-order valence-electron chi connectivity index (χ2n) is 20.1. The van der Waals surface area contributed by atoms with Crippen LogP contribution in [0.3, 0.4) is 0 Å². The molecule has 2 unspecified atom stereocenters. The average molecular weight is 832 g/mol. The minimum atomic E-state index is -3.78. The van der Waals surface area contributed by atoms with Gasteiger partial charge in [0.05, 0.1) is 22.9 Å². The van der Waals surface area contributed by atoms with Crippen LogP contribution in [0.1, 0.15) is 111 Å². The Labute approximate surface area is 344 Å². The molecule has 1 aromatic rings. The maximum atomic E-state index is 14.5. The molecule has 1 amide bonds. The van der Waals surface area contributed by atoms with Gasteiger partial charge in [-0.05, 0) is 124 Å². The second-order valence-corrected chi connectivity index (χ2v) is 22.1. The fourth-order valence-corrected chi connectivity index (χ4v) is 14.5. The Morgan fingerprint density at radius 3 is 1.67 bits per heavy atom. The molecule has 0 aromatic heterocycles. The van der Waals surface area contributed by atoms with E-state index >= 15 is 0 Å². The monoisotopic (exact) mass is 831 g/mol. The minimum absolute atomic E-state index is 0.0481. The predicted molar refractivity (Wildman–Crippen MR) is 209 cm³/mol. The number of benzene rings is 1. The highest BCUT2D eigenvalue weighted by atomic mass is 32.2. The molecule has 0 N–H and O–H groups in total. The third-order valence-corrected chi connectivity index (χ3v) is 18.1. The van der Waals surface area contributed by atoms with Gasteiger partial charge in [-0.15, -0.1) is 0 Å². The van der Waals surface area contributed by atoms with Gasteiger partial charge in [-0.3, -0.25) is 0 Å². The van der Waals surface area contributed by atoms with Crippen molar-refractivity contribution < 1.29 is 56.4 Å². The van der Waals surface area contributed by atoms with Gasteiger partial charge >= 0.3 is 6.09 Å². The molecule has 8 saturated heterocycles. The van der Waals surface area contributed by atoms with Crippen molar-refractivity contribution in [3.8, 4) is 0 Å². The van der Waals surface area contributed by atoms with Crippen molar-refractivity contribution in [3.63, 3.8) is 0 Å². The number of amides is 1. The molecule has 16 atom stereocenters. The van der Waals surface area contributed by atoms with Gasteiger partial charge in [-0.25, -0.2) is 32.8 Å². The molecule has 8 aliphatic heterocycles. The van der Waals surface area contributed by atoms with Crippen LogP contribution < -0.4 is 0 Å². The molecule has 13 nitrogen and oxygen atoms in total. The molecule has 4 bridgehead atoms. The van der Waals surface area contributed by atoms with Crippen molar-refractivity contribution in [1.29, 1.82) is 0 Å². The largest absolute Gasteiger partial charge is 0.445 e. The lowest BCUT2D eigenvalue weighted by atomic mass is 9.56. The third kappa shape index (κ3) is 6.78. The van der Waals surface area contributed by atoms with Crippen LogP contribution in [0.5, 0.6) is 0 Å². The maximum Gasteiger partial charge on any atom is 0.409 e. The first-order valence-electron chi connectivity index (χ1n) is 22.0. The summed E-state index contributed by atoms with van der Waals surface area (Å²) in [5.41, 5.74) is -0.698. The van der Waals surface area contributed by atoms with E-state index in [0.29, 0.717) is 30.2 Å². The maximum absolute atomic E-state index is 14.5. The minimum Gasteiger partial charge on any atom is -0.445 e. The van der Waals surface area contributed by atoms with E-state index in [1.165, 1.54) is 4.90 Å². The highest BCUT2D eigenvalue weighted by molar-refractivity contribution is 7.91. The Hall–Kier alpha value is -1.88. The lowest BCUT2D eigenvalue weighted by molar-refractivity contribution is -0.571. The van der Waals surface area contributed by atoms with Gasteiger partial charge in [-0.2, -0.15) is 0 Å². The Morgan fingerprint density at radius 2 is 1.21 bits per heavy atom. The van der Waals surface area contributed by atoms with Gasteiger partial charge in [0.2, 0.25) is 11.6 Å². The number of rotatable bonds is 9. The highest BCUT2D eigenvalue weighted by Gasteiger charge is 2.71. The van der Waals surface area contributed by atoms with Crippen molar-refractivity contribution in [2.45, 2.75) is 165 Å². The molecule has 2 aliphatic carbocycles. The Balaban J connectivity index is 1.01. The fraction of sp³-hybridized carbons (Fsp3) is 0.841. The van der Waals surface area contributed by atoms with E-state index in [2.05, 4.69) is 27.7 Å². The molecule has 1 aromatic carbocycles. The number of carbonyl (C=O) groups is 1. The Kier molecular flexibility index (Phi) is 10.6. The molecule has 58 heavy (non-hydrogen) atoms. The van der Waals surface area contributed by atoms with E-state index in [0.717, 1.165) is 51.4 Å². The van der Waals surface area contributed by atoms with Gasteiger partial charge in [0.25, 0.3) is 0 Å². The molecule has 10 aliphatic rings. The summed E-state index contributed by atoms with van der Waals surface area (Å²) in [6.07, 6.45) is 6.22.